The maximum atomic E-state index is 2.54. The van der Waals surface area contributed by atoms with E-state index in [1.54, 1.807) is 0 Å². The largest absolute Gasteiger partial charge is 0.307 e. The van der Waals surface area contributed by atoms with Gasteiger partial charge in [-0.15, -0.1) is 0 Å². The fourth-order valence-electron chi connectivity index (χ4n) is 10.2. The Morgan fingerprint density at radius 2 is 0.567 bits per heavy atom. The summed E-state index contributed by atoms with van der Waals surface area (Å²) in [4.78, 5) is 0. The van der Waals surface area contributed by atoms with Gasteiger partial charge in [0.2, 0.25) is 6.71 Å². The van der Waals surface area contributed by atoms with Gasteiger partial charge in [0.25, 0.3) is 0 Å². The molecule has 3 heterocycles. The van der Waals surface area contributed by atoms with E-state index < -0.39 is 0 Å². The Balaban J connectivity index is 1.36. The second-order valence-corrected chi connectivity index (χ2v) is 16.2. The Morgan fingerprint density at radius 3 is 0.883 bits per heavy atom. The van der Waals surface area contributed by atoms with Crippen molar-refractivity contribution >= 4 is 88.5 Å². The predicted octanol–water partition coefficient (Wildman–Crippen LogP) is 12.1. The predicted molar refractivity (Wildman–Crippen MR) is 256 cm³/mol. The van der Waals surface area contributed by atoms with E-state index in [0.29, 0.717) is 0 Å². The van der Waals surface area contributed by atoms with Crippen molar-refractivity contribution < 1.29 is 0 Å². The number of hydrogen-bond donors (Lipinski definition) is 0. The minimum atomic E-state index is -0.0433. The normalized spacial score (nSPS) is 11.8. The third-order valence-corrected chi connectivity index (χ3v) is 12.9. The van der Waals surface area contributed by atoms with Crippen molar-refractivity contribution in [3.8, 4) is 17.1 Å². The molecule has 0 bridgehead atoms. The van der Waals surface area contributed by atoms with E-state index >= 15 is 0 Å². The van der Waals surface area contributed by atoms with E-state index in [0.717, 1.165) is 17.1 Å². The lowest BCUT2D eigenvalue weighted by Crippen LogP contribution is -2.54. The van der Waals surface area contributed by atoms with E-state index in [1.165, 1.54) is 92.9 Å². The highest BCUT2D eigenvalue weighted by atomic mass is 15.1. The number of benzene rings is 9. The molecule has 0 spiro atoms. The standard InChI is InChI=1S/C56H40BN3/c1-37-19-3-11-27-46(37)57(47-28-12-4-20-38(47)2)39-35-54(58-48-29-13-5-21-40(48)41-22-6-14-30-49(41)58)56(60-52-33-17-9-25-44(52)45-26-10-18-34-53(45)60)55(36-39)59-50-31-15-7-23-42(50)43-24-8-16-32-51(43)59/h3-36H,1-2H3. The Bertz CT molecular complexity index is 3320. The first kappa shape index (κ1) is 34.5. The van der Waals surface area contributed by atoms with Crippen LogP contribution in [-0.2, 0) is 0 Å². The SMILES string of the molecule is Cc1ccccc1B(c1cc(-n2c3ccccc3c3ccccc32)c(-n2c3ccccc3c3ccccc32)c(-n2c3ccccc3c3ccccc32)c1)c1ccccc1C. The second kappa shape index (κ2) is 13.5. The molecule has 282 valence electrons. The zero-order valence-electron chi connectivity index (χ0n) is 33.5. The minimum Gasteiger partial charge on any atom is -0.307 e. The molecule has 3 aromatic heterocycles. The lowest BCUT2D eigenvalue weighted by Gasteiger charge is -2.26. The topological polar surface area (TPSA) is 14.8 Å². The van der Waals surface area contributed by atoms with Gasteiger partial charge < -0.3 is 13.7 Å². The van der Waals surface area contributed by atoms with Crippen LogP contribution in [-0.4, -0.2) is 20.4 Å². The molecule has 9 aromatic carbocycles. The van der Waals surface area contributed by atoms with Crippen molar-refractivity contribution in [3.05, 3.63) is 217 Å². The third kappa shape index (κ3) is 5.04. The van der Waals surface area contributed by atoms with Crippen LogP contribution in [0.4, 0.5) is 0 Å². The Kier molecular flexibility index (Phi) is 7.76. The molecule has 0 N–H and O–H groups in total. The Hall–Kier alpha value is -7.56. The molecular formula is C56H40BN3. The summed E-state index contributed by atoms with van der Waals surface area (Å²) in [6.07, 6.45) is 0. The van der Waals surface area contributed by atoms with E-state index in [4.69, 9.17) is 0 Å². The summed E-state index contributed by atoms with van der Waals surface area (Å²) < 4.78 is 7.62. The lowest BCUT2D eigenvalue weighted by atomic mass is 9.35. The highest BCUT2D eigenvalue weighted by molar-refractivity contribution is 6.96. The van der Waals surface area contributed by atoms with Crippen molar-refractivity contribution in [1.82, 2.24) is 13.7 Å². The van der Waals surface area contributed by atoms with Crippen LogP contribution in [0.3, 0.4) is 0 Å². The molecule has 12 aromatic rings. The first-order valence-corrected chi connectivity index (χ1v) is 20.9. The molecule has 0 atom stereocenters. The maximum absolute atomic E-state index is 2.54. The van der Waals surface area contributed by atoms with Crippen molar-refractivity contribution in [3.63, 3.8) is 0 Å². The van der Waals surface area contributed by atoms with E-state index in [1.807, 2.05) is 0 Å². The van der Waals surface area contributed by atoms with Gasteiger partial charge >= 0.3 is 0 Å². The summed E-state index contributed by atoms with van der Waals surface area (Å²) in [6, 6.07) is 76.4. The van der Waals surface area contributed by atoms with Gasteiger partial charge in [0.05, 0.1) is 50.2 Å². The molecule has 0 unspecified atom stereocenters. The van der Waals surface area contributed by atoms with E-state index in [9.17, 15) is 0 Å². The summed E-state index contributed by atoms with van der Waals surface area (Å²) in [5.74, 6) is 0. The highest BCUT2D eigenvalue weighted by Crippen LogP contribution is 2.42. The van der Waals surface area contributed by atoms with Crippen molar-refractivity contribution in [2.45, 2.75) is 13.8 Å². The zero-order chi connectivity index (χ0) is 39.9. The van der Waals surface area contributed by atoms with Crippen LogP contribution in [0, 0.1) is 13.8 Å². The van der Waals surface area contributed by atoms with Gasteiger partial charge in [-0.25, -0.2) is 0 Å². The van der Waals surface area contributed by atoms with Crippen molar-refractivity contribution in [2.24, 2.45) is 0 Å². The van der Waals surface area contributed by atoms with Gasteiger partial charge in [0.1, 0.15) is 0 Å². The molecule has 3 nitrogen and oxygen atoms in total. The molecule has 4 heteroatoms. The molecule has 12 rings (SSSR count). The lowest BCUT2D eigenvalue weighted by molar-refractivity contribution is 1.05. The monoisotopic (exact) mass is 765 g/mol. The summed E-state index contributed by atoms with van der Waals surface area (Å²) in [7, 11) is 0. The molecular weight excluding hydrogens is 725 g/mol. The van der Waals surface area contributed by atoms with Crippen LogP contribution in [0.5, 0.6) is 0 Å². The number of fused-ring (bicyclic) bond motifs is 9. The molecule has 0 fully saturated rings. The maximum Gasteiger partial charge on any atom is 0.242 e. The first-order valence-electron chi connectivity index (χ1n) is 20.9. The van der Waals surface area contributed by atoms with Crippen molar-refractivity contribution in [2.75, 3.05) is 0 Å². The Morgan fingerprint density at radius 1 is 0.300 bits per heavy atom. The summed E-state index contributed by atoms with van der Waals surface area (Å²) in [5, 5.41) is 7.41. The molecule has 60 heavy (non-hydrogen) atoms. The second-order valence-electron chi connectivity index (χ2n) is 16.2. The highest BCUT2D eigenvalue weighted by Gasteiger charge is 2.31. The number of aryl methyl sites for hydroxylation is 2. The molecule has 0 saturated carbocycles. The number of aromatic nitrogens is 3. The molecule has 0 aliphatic rings. The number of nitrogens with zero attached hydrogens (tertiary/aromatic N) is 3. The molecule has 0 aliphatic carbocycles. The molecule has 0 saturated heterocycles. The first-order chi connectivity index (χ1) is 29.7. The summed E-state index contributed by atoms with van der Waals surface area (Å²) in [5.41, 5.74) is 16.8. The van der Waals surface area contributed by atoms with Gasteiger partial charge in [-0.3, -0.25) is 0 Å². The number of hydrogen-bond acceptors (Lipinski definition) is 0. The summed E-state index contributed by atoms with van der Waals surface area (Å²) >= 11 is 0. The summed E-state index contributed by atoms with van der Waals surface area (Å²) in [6.45, 7) is 4.47. The number of rotatable bonds is 6. The molecule has 0 aliphatic heterocycles. The van der Waals surface area contributed by atoms with E-state index in [2.05, 4.69) is 234 Å². The van der Waals surface area contributed by atoms with Gasteiger partial charge in [-0.2, -0.15) is 0 Å². The average Bonchev–Trinajstić information content (AvgIpc) is 3.93. The van der Waals surface area contributed by atoms with Crippen LogP contribution in [0.1, 0.15) is 11.1 Å². The van der Waals surface area contributed by atoms with Crippen LogP contribution in [0.2, 0.25) is 0 Å². The molecule has 0 radical (unpaired) electrons. The fraction of sp³-hybridized carbons (Fsp3) is 0.0357. The van der Waals surface area contributed by atoms with Gasteiger partial charge in [-0.1, -0.05) is 185 Å². The minimum absolute atomic E-state index is 0.0433. The van der Waals surface area contributed by atoms with Crippen LogP contribution in [0.15, 0.2) is 206 Å². The smallest absolute Gasteiger partial charge is 0.242 e. The van der Waals surface area contributed by atoms with Gasteiger partial charge in [0, 0.05) is 32.3 Å². The van der Waals surface area contributed by atoms with Crippen molar-refractivity contribution in [1.29, 1.82) is 0 Å². The zero-order valence-corrected chi connectivity index (χ0v) is 33.5. The third-order valence-electron chi connectivity index (χ3n) is 12.9. The van der Waals surface area contributed by atoms with E-state index in [-0.39, 0.29) is 6.71 Å². The van der Waals surface area contributed by atoms with Gasteiger partial charge in [-0.05, 0) is 62.4 Å². The number of para-hydroxylation sites is 6. The average molecular weight is 766 g/mol. The fourth-order valence-corrected chi connectivity index (χ4v) is 10.2. The molecule has 0 amide bonds. The Labute approximate surface area is 349 Å². The quantitative estimate of drug-likeness (QED) is 0.150. The van der Waals surface area contributed by atoms with Gasteiger partial charge in [0.15, 0.2) is 0 Å². The van der Waals surface area contributed by atoms with Crippen LogP contribution >= 0.6 is 0 Å². The van der Waals surface area contributed by atoms with Crippen LogP contribution in [0.25, 0.3) is 82.5 Å². The van der Waals surface area contributed by atoms with Crippen LogP contribution < -0.4 is 16.4 Å².